The Balaban J connectivity index is 1.60. The molecule has 0 unspecified atom stereocenters. The molecule has 5 rings (SSSR count). The average molecular weight is 600 g/mol. The summed E-state index contributed by atoms with van der Waals surface area (Å²) in [6.07, 6.45) is -3.80. The number of anilines is 2. The van der Waals surface area contributed by atoms with E-state index in [0.717, 1.165) is 31.6 Å². The lowest BCUT2D eigenvalue weighted by atomic mass is 10.1. The van der Waals surface area contributed by atoms with Gasteiger partial charge in [0, 0.05) is 18.2 Å². The third-order valence-electron chi connectivity index (χ3n) is 6.37. The highest BCUT2D eigenvalue weighted by atomic mass is 35.5. The minimum Gasteiger partial charge on any atom is -0.453 e. The van der Waals surface area contributed by atoms with E-state index in [1.807, 2.05) is 0 Å². The molecule has 40 heavy (non-hydrogen) atoms. The smallest absolute Gasteiger partial charge is 0.416 e. The zero-order valence-corrected chi connectivity index (χ0v) is 22.0. The van der Waals surface area contributed by atoms with Gasteiger partial charge in [-0.3, -0.25) is 9.48 Å². The molecule has 3 aromatic carbocycles. The van der Waals surface area contributed by atoms with Crippen molar-refractivity contribution in [1.82, 2.24) is 14.7 Å². The second-order valence-corrected chi connectivity index (χ2v) is 9.93. The van der Waals surface area contributed by atoms with Crippen molar-refractivity contribution in [2.45, 2.75) is 19.1 Å². The van der Waals surface area contributed by atoms with E-state index in [1.165, 1.54) is 12.1 Å². The Kier molecular flexibility index (Phi) is 7.51. The zero-order chi connectivity index (χ0) is 28.8. The number of nitrogens with one attached hydrogen (secondary N) is 1. The second kappa shape index (κ2) is 10.8. The van der Waals surface area contributed by atoms with Crippen LogP contribution in [-0.4, -0.2) is 40.2 Å². The number of fused-ring (bicyclic) bond motifs is 1. The fraction of sp³-hybridized carbons (Fsp3) is 0.231. The third-order valence-corrected chi connectivity index (χ3v) is 6.97. The molecule has 0 saturated carbocycles. The van der Waals surface area contributed by atoms with Crippen molar-refractivity contribution in [3.8, 4) is 11.5 Å². The number of alkyl halides is 3. The van der Waals surface area contributed by atoms with E-state index in [9.17, 15) is 26.7 Å². The van der Waals surface area contributed by atoms with Crippen molar-refractivity contribution in [2.75, 3.05) is 30.7 Å². The molecule has 1 aliphatic heterocycles. The van der Waals surface area contributed by atoms with Gasteiger partial charge in [-0.25, -0.2) is 8.78 Å². The number of carbonyl (C=O) groups is 1. The molecule has 4 aromatic rings. The van der Waals surface area contributed by atoms with Gasteiger partial charge in [-0.15, -0.1) is 0 Å². The number of hydrogen-bond acceptors (Lipinski definition) is 5. The van der Waals surface area contributed by atoms with E-state index in [0.29, 0.717) is 30.7 Å². The summed E-state index contributed by atoms with van der Waals surface area (Å²) < 4.78 is 75.2. The van der Waals surface area contributed by atoms with Gasteiger partial charge in [0.1, 0.15) is 17.4 Å². The van der Waals surface area contributed by atoms with Crippen LogP contribution in [0.25, 0.3) is 10.9 Å². The number of benzene rings is 3. The Morgan fingerprint density at radius 3 is 2.45 bits per heavy atom. The number of carbonyl (C=O) groups excluding carboxylic acids is 1. The van der Waals surface area contributed by atoms with Gasteiger partial charge in [0.05, 0.1) is 38.7 Å². The van der Waals surface area contributed by atoms with E-state index in [1.54, 1.807) is 4.68 Å². The lowest BCUT2D eigenvalue weighted by Gasteiger charge is -2.30. The molecule has 7 nitrogen and oxygen atoms in total. The van der Waals surface area contributed by atoms with Crippen LogP contribution in [0.1, 0.15) is 22.3 Å². The normalized spacial score (nSPS) is 13.9. The van der Waals surface area contributed by atoms with Gasteiger partial charge >= 0.3 is 6.18 Å². The van der Waals surface area contributed by atoms with Crippen molar-refractivity contribution in [1.29, 1.82) is 0 Å². The van der Waals surface area contributed by atoms with Gasteiger partial charge in [0.15, 0.2) is 11.6 Å². The quantitative estimate of drug-likeness (QED) is 0.224. The van der Waals surface area contributed by atoms with Crippen LogP contribution in [-0.2, 0) is 12.7 Å². The van der Waals surface area contributed by atoms with Crippen LogP contribution in [0.4, 0.5) is 33.5 Å². The lowest BCUT2D eigenvalue weighted by Crippen LogP contribution is -2.39. The number of likely N-dealkylation sites (tertiary alicyclic amines) is 1. The monoisotopic (exact) mass is 599 g/mol. The van der Waals surface area contributed by atoms with Crippen molar-refractivity contribution in [3.63, 3.8) is 0 Å². The predicted octanol–water partition coefficient (Wildman–Crippen LogP) is 6.97. The van der Waals surface area contributed by atoms with Gasteiger partial charge in [-0.2, -0.15) is 18.3 Å². The molecule has 2 heterocycles. The molecule has 1 saturated heterocycles. The van der Waals surface area contributed by atoms with Crippen LogP contribution >= 0.6 is 23.2 Å². The van der Waals surface area contributed by atoms with Crippen LogP contribution in [0, 0.1) is 11.6 Å². The number of ether oxygens (including phenoxy) is 1. The van der Waals surface area contributed by atoms with Gasteiger partial charge < -0.3 is 20.7 Å². The maximum Gasteiger partial charge on any atom is 0.416 e. The Morgan fingerprint density at radius 1 is 1.02 bits per heavy atom. The minimum absolute atomic E-state index is 0.0190. The number of aromatic nitrogens is 2. The number of hydrogen-bond donors (Lipinski definition) is 2. The summed E-state index contributed by atoms with van der Waals surface area (Å²) in [6.45, 7) is 2.98. The summed E-state index contributed by atoms with van der Waals surface area (Å²) in [6, 6.07) is 6.08. The van der Waals surface area contributed by atoms with Gasteiger partial charge in [0.2, 0.25) is 0 Å². The minimum atomic E-state index is -4.89. The molecule has 210 valence electrons. The average Bonchev–Trinajstić information content (AvgIpc) is 3.18. The van der Waals surface area contributed by atoms with Gasteiger partial charge in [-0.05, 0) is 55.9 Å². The van der Waals surface area contributed by atoms with Gasteiger partial charge in [-0.1, -0.05) is 23.2 Å². The molecular formula is C26H20Cl2F5N5O2. The first-order valence-corrected chi connectivity index (χ1v) is 12.7. The van der Waals surface area contributed by atoms with E-state index in [4.69, 9.17) is 33.7 Å². The highest BCUT2D eigenvalue weighted by molar-refractivity contribution is 6.36. The Labute approximate surface area is 234 Å². The highest BCUT2D eigenvalue weighted by Crippen LogP contribution is 2.45. The second-order valence-electron chi connectivity index (χ2n) is 9.12. The largest absolute Gasteiger partial charge is 0.453 e. The summed E-state index contributed by atoms with van der Waals surface area (Å²) in [5.74, 6) is -3.35. The molecule has 0 atom stereocenters. The fourth-order valence-electron chi connectivity index (χ4n) is 4.29. The summed E-state index contributed by atoms with van der Waals surface area (Å²) in [7, 11) is 0. The first-order valence-electron chi connectivity index (χ1n) is 11.9. The number of halogens is 7. The predicted molar refractivity (Wildman–Crippen MR) is 141 cm³/mol. The summed E-state index contributed by atoms with van der Waals surface area (Å²) in [4.78, 5) is 15.2. The van der Waals surface area contributed by atoms with E-state index < -0.39 is 34.8 Å². The molecule has 1 aliphatic rings. The lowest BCUT2D eigenvalue weighted by molar-refractivity contribution is -0.137. The number of nitrogens with zero attached hydrogens (tertiary/aromatic N) is 3. The maximum absolute atomic E-state index is 14.0. The zero-order valence-electron chi connectivity index (χ0n) is 20.5. The van der Waals surface area contributed by atoms with Crippen LogP contribution in [0.5, 0.6) is 11.5 Å². The molecule has 0 spiro atoms. The van der Waals surface area contributed by atoms with Crippen molar-refractivity contribution in [3.05, 3.63) is 75.3 Å². The first kappa shape index (κ1) is 27.9. The molecule has 0 radical (unpaired) electrons. The van der Waals surface area contributed by atoms with Crippen molar-refractivity contribution < 1.29 is 31.5 Å². The highest BCUT2D eigenvalue weighted by Gasteiger charge is 2.32. The number of rotatable bonds is 7. The molecule has 0 bridgehead atoms. The van der Waals surface area contributed by atoms with E-state index in [-0.39, 0.29) is 44.5 Å². The fourth-order valence-corrected chi connectivity index (χ4v) is 4.75. The van der Waals surface area contributed by atoms with Crippen molar-refractivity contribution in [2.24, 2.45) is 0 Å². The number of nitrogens with two attached hydrogens (primary N) is 1. The maximum atomic E-state index is 14.0. The number of nitrogen functional groups attached to an aromatic ring is 1. The van der Waals surface area contributed by atoms with E-state index in [2.05, 4.69) is 15.3 Å². The van der Waals surface area contributed by atoms with Crippen LogP contribution < -0.4 is 15.8 Å². The SMILES string of the molecule is Nc1nn(CCN2CCC2)c2c(Cl)cc(NC(=O)c3cc(F)cc(C(F)(F)F)c3)c(Oc3cc(F)ccc3Cl)c12. The molecule has 3 N–H and O–H groups in total. The Morgan fingerprint density at radius 2 is 1.77 bits per heavy atom. The molecule has 0 aliphatic carbocycles. The summed E-state index contributed by atoms with van der Waals surface area (Å²) in [5.41, 5.74) is 4.49. The first-order chi connectivity index (χ1) is 18.9. The molecule has 1 aromatic heterocycles. The summed E-state index contributed by atoms with van der Waals surface area (Å²) in [5, 5.41) is 7.03. The Hall–Kier alpha value is -3.61. The van der Waals surface area contributed by atoms with Crippen molar-refractivity contribution >= 4 is 51.5 Å². The van der Waals surface area contributed by atoms with Crippen LogP contribution in [0.15, 0.2) is 42.5 Å². The topological polar surface area (TPSA) is 85.4 Å². The molecule has 1 amide bonds. The molecular weight excluding hydrogens is 580 g/mol. The van der Waals surface area contributed by atoms with Crippen LogP contribution in [0.2, 0.25) is 10.0 Å². The summed E-state index contributed by atoms with van der Waals surface area (Å²) >= 11 is 12.8. The molecule has 1 fully saturated rings. The van der Waals surface area contributed by atoms with E-state index >= 15 is 0 Å². The molecule has 14 heteroatoms. The standard InChI is InChI=1S/C26H20Cl2F5N5O2/c27-17-3-2-15(29)11-20(17)40-23-19(35-25(39)13-8-14(26(31,32)33)10-16(30)9-13)12-18(28)22-21(23)24(34)36-38(22)7-6-37-4-1-5-37/h2-3,8-12H,1,4-7H2,(H2,34,36)(H,35,39). The van der Waals surface area contributed by atoms with Crippen LogP contribution in [0.3, 0.4) is 0 Å². The van der Waals surface area contributed by atoms with Gasteiger partial charge in [0.25, 0.3) is 5.91 Å². The third kappa shape index (κ3) is 5.65. The Bertz CT molecular complexity index is 1620. The number of amides is 1.